The number of hydrogen-bond acceptors (Lipinski definition) is 2. The van der Waals surface area contributed by atoms with Crippen LogP contribution < -0.4 is 5.32 Å². The Balaban J connectivity index is 2.36. The highest BCUT2D eigenvalue weighted by Gasteiger charge is 2.24. The van der Waals surface area contributed by atoms with E-state index in [2.05, 4.69) is 44.8 Å². The normalized spacial score (nSPS) is 27.6. The quantitative estimate of drug-likeness (QED) is 0.730. The molecule has 2 nitrogen and oxygen atoms in total. The van der Waals surface area contributed by atoms with Gasteiger partial charge in [-0.15, -0.1) is 0 Å². The summed E-state index contributed by atoms with van der Waals surface area (Å²) in [4.78, 5) is 2.59. The fourth-order valence-corrected chi connectivity index (χ4v) is 1.84. The zero-order valence-electron chi connectivity index (χ0n) is 10.4. The summed E-state index contributed by atoms with van der Waals surface area (Å²) in [5, 5.41) is 3.48. The molecule has 0 saturated carbocycles. The van der Waals surface area contributed by atoms with Gasteiger partial charge in [-0.2, -0.15) is 0 Å². The lowest BCUT2D eigenvalue weighted by atomic mass is 9.81. The summed E-state index contributed by atoms with van der Waals surface area (Å²) in [5.74, 6) is 0.771. The topological polar surface area (TPSA) is 15.3 Å². The molecule has 1 aliphatic rings. The molecule has 1 aliphatic heterocycles. The van der Waals surface area contributed by atoms with Crippen LogP contribution in [-0.4, -0.2) is 37.1 Å². The lowest BCUT2D eigenvalue weighted by Crippen LogP contribution is -2.51. The summed E-state index contributed by atoms with van der Waals surface area (Å²) in [6.45, 7) is 16.5. The smallest absolute Gasteiger partial charge is 0.0167 e. The van der Waals surface area contributed by atoms with Crippen molar-refractivity contribution in [3.63, 3.8) is 0 Å². The van der Waals surface area contributed by atoms with Crippen LogP contribution in [0.4, 0.5) is 0 Å². The molecule has 0 spiro atoms. The van der Waals surface area contributed by atoms with Crippen molar-refractivity contribution >= 4 is 0 Å². The van der Waals surface area contributed by atoms with Gasteiger partial charge in [-0.1, -0.05) is 27.7 Å². The molecule has 2 heteroatoms. The maximum atomic E-state index is 3.48. The van der Waals surface area contributed by atoms with E-state index in [0.29, 0.717) is 11.5 Å². The minimum absolute atomic E-state index is 0.439. The van der Waals surface area contributed by atoms with Gasteiger partial charge in [-0.3, -0.25) is 0 Å². The predicted molar refractivity (Wildman–Crippen MR) is 62.5 cm³/mol. The van der Waals surface area contributed by atoms with Gasteiger partial charge in [0.15, 0.2) is 0 Å². The average molecular weight is 198 g/mol. The molecule has 84 valence electrons. The van der Waals surface area contributed by atoms with Crippen LogP contribution in [0.1, 0.15) is 34.6 Å². The first-order chi connectivity index (χ1) is 6.39. The van der Waals surface area contributed by atoms with Crippen LogP contribution in [0.15, 0.2) is 0 Å². The number of hydrogen-bond donors (Lipinski definition) is 1. The van der Waals surface area contributed by atoms with E-state index in [1.165, 1.54) is 19.6 Å². The molecule has 0 bridgehead atoms. The van der Waals surface area contributed by atoms with Gasteiger partial charge < -0.3 is 10.2 Å². The van der Waals surface area contributed by atoms with Gasteiger partial charge in [0.2, 0.25) is 0 Å². The Hall–Kier alpha value is -0.0800. The van der Waals surface area contributed by atoms with Crippen molar-refractivity contribution < 1.29 is 0 Å². The Kier molecular flexibility index (Phi) is 3.96. The van der Waals surface area contributed by atoms with E-state index in [1.807, 2.05) is 0 Å². The van der Waals surface area contributed by atoms with Crippen LogP contribution in [0.2, 0.25) is 0 Å². The molecule has 2 atom stereocenters. The predicted octanol–water partition coefficient (Wildman–Crippen LogP) is 1.96. The first-order valence-electron chi connectivity index (χ1n) is 5.85. The molecule has 1 heterocycles. The third kappa shape index (κ3) is 3.58. The van der Waals surface area contributed by atoms with Gasteiger partial charge in [-0.25, -0.2) is 0 Å². The fraction of sp³-hybridized carbons (Fsp3) is 1.00. The highest BCUT2D eigenvalue weighted by atomic mass is 15.2. The lowest BCUT2D eigenvalue weighted by molar-refractivity contribution is 0.134. The number of rotatable bonds is 2. The standard InChI is InChI=1S/C12H26N2/c1-10(12(3,4)5)8-14-7-6-13-11(2)9-14/h10-11,13H,6-9H2,1-5H3/t10?,11-/m1/s1. The van der Waals surface area contributed by atoms with Crippen molar-refractivity contribution in [1.82, 2.24) is 10.2 Å². The van der Waals surface area contributed by atoms with Crippen molar-refractivity contribution in [3.8, 4) is 0 Å². The zero-order valence-corrected chi connectivity index (χ0v) is 10.4. The van der Waals surface area contributed by atoms with E-state index in [0.717, 1.165) is 12.5 Å². The van der Waals surface area contributed by atoms with E-state index >= 15 is 0 Å². The molecule has 1 saturated heterocycles. The SMILES string of the molecule is CC(CN1CCN[C@H](C)C1)C(C)(C)C. The van der Waals surface area contributed by atoms with Crippen LogP contribution in [0.25, 0.3) is 0 Å². The molecule has 0 aromatic carbocycles. The lowest BCUT2D eigenvalue weighted by Gasteiger charge is -2.37. The summed E-state index contributed by atoms with van der Waals surface area (Å²) in [7, 11) is 0. The average Bonchev–Trinajstić information content (AvgIpc) is 2.02. The van der Waals surface area contributed by atoms with Crippen LogP contribution in [0.5, 0.6) is 0 Å². The Labute approximate surface area is 89.1 Å². The molecule has 14 heavy (non-hydrogen) atoms. The molecule has 1 fully saturated rings. The van der Waals surface area contributed by atoms with E-state index < -0.39 is 0 Å². The second-order valence-corrected chi connectivity index (χ2v) is 5.88. The highest BCUT2D eigenvalue weighted by Crippen LogP contribution is 2.26. The second kappa shape index (κ2) is 4.63. The molecular weight excluding hydrogens is 172 g/mol. The minimum Gasteiger partial charge on any atom is -0.312 e. The van der Waals surface area contributed by atoms with E-state index in [1.54, 1.807) is 0 Å². The third-order valence-corrected chi connectivity index (χ3v) is 3.46. The maximum Gasteiger partial charge on any atom is 0.0167 e. The molecule has 0 aliphatic carbocycles. The molecule has 0 aromatic rings. The van der Waals surface area contributed by atoms with Gasteiger partial charge in [-0.05, 0) is 18.3 Å². The molecule has 0 radical (unpaired) electrons. The molecule has 1 N–H and O–H groups in total. The largest absolute Gasteiger partial charge is 0.312 e. The van der Waals surface area contributed by atoms with E-state index in [4.69, 9.17) is 0 Å². The van der Waals surface area contributed by atoms with Crippen molar-refractivity contribution in [3.05, 3.63) is 0 Å². The van der Waals surface area contributed by atoms with Gasteiger partial charge in [0, 0.05) is 32.2 Å². The molecule has 0 aromatic heterocycles. The molecule has 1 unspecified atom stereocenters. The molecule has 0 amide bonds. The Bertz CT molecular complexity index is 172. The van der Waals surface area contributed by atoms with Crippen LogP contribution in [0.3, 0.4) is 0 Å². The molecular formula is C12H26N2. The van der Waals surface area contributed by atoms with Crippen molar-refractivity contribution in [1.29, 1.82) is 0 Å². The van der Waals surface area contributed by atoms with Gasteiger partial charge in [0.1, 0.15) is 0 Å². The Morgan fingerprint density at radius 2 is 2.07 bits per heavy atom. The summed E-state index contributed by atoms with van der Waals surface area (Å²) < 4.78 is 0. The van der Waals surface area contributed by atoms with Crippen LogP contribution in [0, 0.1) is 11.3 Å². The second-order valence-electron chi connectivity index (χ2n) is 5.88. The van der Waals surface area contributed by atoms with Gasteiger partial charge >= 0.3 is 0 Å². The monoisotopic (exact) mass is 198 g/mol. The van der Waals surface area contributed by atoms with Crippen molar-refractivity contribution in [2.45, 2.75) is 40.7 Å². The Morgan fingerprint density at radius 1 is 1.43 bits per heavy atom. The summed E-state index contributed by atoms with van der Waals surface area (Å²) >= 11 is 0. The van der Waals surface area contributed by atoms with E-state index in [9.17, 15) is 0 Å². The summed E-state index contributed by atoms with van der Waals surface area (Å²) in [5.41, 5.74) is 0.439. The van der Waals surface area contributed by atoms with E-state index in [-0.39, 0.29) is 0 Å². The maximum absolute atomic E-state index is 3.48. The third-order valence-electron chi connectivity index (χ3n) is 3.46. The minimum atomic E-state index is 0.439. The highest BCUT2D eigenvalue weighted by molar-refractivity contribution is 4.79. The zero-order chi connectivity index (χ0) is 10.8. The summed E-state index contributed by atoms with van der Waals surface area (Å²) in [6, 6.07) is 0.663. The fourth-order valence-electron chi connectivity index (χ4n) is 1.84. The number of piperazine rings is 1. The van der Waals surface area contributed by atoms with Gasteiger partial charge in [0.25, 0.3) is 0 Å². The first-order valence-corrected chi connectivity index (χ1v) is 5.85. The van der Waals surface area contributed by atoms with Crippen LogP contribution in [-0.2, 0) is 0 Å². The van der Waals surface area contributed by atoms with Crippen molar-refractivity contribution in [2.75, 3.05) is 26.2 Å². The van der Waals surface area contributed by atoms with Gasteiger partial charge in [0.05, 0.1) is 0 Å². The number of nitrogens with one attached hydrogen (secondary N) is 1. The number of nitrogens with zero attached hydrogens (tertiary/aromatic N) is 1. The van der Waals surface area contributed by atoms with Crippen molar-refractivity contribution in [2.24, 2.45) is 11.3 Å². The first kappa shape index (κ1) is 12.0. The Morgan fingerprint density at radius 3 is 2.57 bits per heavy atom. The molecule has 1 rings (SSSR count). The summed E-state index contributed by atoms with van der Waals surface area (Å²) in [6.07, 6.45) is 0. The van der Waals surface area contributed by atoms with Crippen LogP contribution >= 0.6 is 0 Å².